The van der Waals surface area contributed by atoms with Gasteiger partial charge in [-0.25, -0.2) is 4.99 Å². The summed E-state index contributed by atoms with van der Waals surface area (Å²) >= 11 is 0. The molecule has 0 saturated carbocycles. The Hall–Kier alpha value is -3.54. The molecule has 39 heavy (non-hydrogen) atoms. The topological polar surface area (TPSA) is 45.6 Å². The summed E-state index contributed by atoms with van der Waals surface area (Å²) in [6.07, 6.45) is 7.66. The van der Waals surface area contributed by atoms with Crippen LogP contribution in [0.25, 0.3) is 0 Å². The lowest BCUT2D eigenvalue weighted by atomic mass is 9.93. The molecule has 2 aliphatic heterocycles. The maximum Gasteiger partial charge on any atom is 0.418 e. The van der Waals surface area contributed by atoms with Crippen LogP contribution in [0.15, 0.2) is 112 Å². The first-order chi connectivity index (χ1) is 18.7. The minimum atomic E-state index is -4.61. The van der Waals surface area contributed by atoms with Gasteiger partial charge in [-0.2, -0.15) is 13.2 Å². The standard InChI is InChI=1S/C32H36F3N3O/c1-22(17-31-29(13-16-39-31)28-7-5-4-6-8-28)30(32(33,34)35)21-37-24(3)38-23(2)18-27(19-25-9-10-25)20-26-11-14-36-15-12-26/h4-9,17-18,20-21,26,29,36H,1,11-16,19H2,2-3H3,(H,37,38)/b23-18+,27-20+,30-21+,31-17-. The second-order valence-corrected chi connectivity index (χ2v) is 10.2. The lowest BCUT2D eigenvalue weighted by Crippen LogP contribution is -2.27. The van der Waals surface area contributed by atoms with Crippen molar-refractivity contribution in [2.75, 3.05) is 19.7 Å². The van der Waals surface area contributed by atoms with Crippen molar-refractivity contribution in [3.63, 3.8) is 0 Å². The van der Waals surface area contributed by atoms with Gasteiger partial charge in [0, 0.05) is 29.8 Å². The lowest BCUT2D eigenvalue weighted by molar-refractivity contribution is -0.0891. The van der Waals surface area contributed by atoms with Gasteiger partial charge in [-0.1, -0.05) is 43.0 Å². The third kappa shape index (κ3) is 8.74. The number of allylic oxidation sites excluding steroid dienone is 9. The Morgan fingerprint density at radius 1 is 1.18 bits per heavy atom. The summed E-state index contributed by atoms with van der Waals surface area (Å²) in [6.45, 7) is 9.73. The highest BCUT2D eigenvalue weighted by Crippen LogP contribution is 2.38. The molecular weight excluding hydrogens is 499 g/mol. The molecule has 2 N–H and O–H groups in total. The molecule has 0 bridgehead atoms. The van der Waals surface area contributed by atoms with Crippen molar-refractivity contribution < 1.29 is 17.9 Å². The summed E-state index contributed by atoms with van der Waals surface area (Å²) in [5, 5.41) is 6.51. The first-order valence-corrected chi connectivity index (χ1v) is 13.4. The van der Waals surface area contributed by atoms with E-state index in [1.54, 1.807) is 6.92 Å². The van der Waals surface area contributed by atoms with Crippen LogP contribution in [0.2, 0.25) is 0 Å². The molecule has 1 atom stereocenters. The first-order valence-electron chi connectivity index (χ1n) is 13.4. The van der Waals surface area contributed by atoms with E-state index in [4.69, 9.17) is 4.74 Å². The molecule has 0 radical (unpaired) electrons. The average molecular weight is 536 g/mol. The van der Waals surface area contributed by atoms with Crippen LogP contribution in [0.3, 0.4) is 0 Å². The lowest BCUT2D eigenvalue weighted by Gasteiger charge is -2.20. The number of hydrogen-bond donors (Lipinski definition) is 2. The van der Waals surface area contributed by atoms with E-state index in [0.29, 0.717) is 30.5 Å². The van der Waals surface area contributed by atoms with Gasteiger partial charge in [0.1, 0.15) is 11.6 Å². The number of hydrogen-bond acceptors (Lipinski definition) is 3. The Labute approximate surface area is 229 Å². The molecule has 1 aliphatic carbocycles. The van der Waals surface area contributed by atoms with Gasteiger partial charge in [0.15, 0.2) is 0 Å². The predicted octanol–water partition coefficient (Wildman–Crippen LogP) is 7.40. The molecule has 3 aliphatic rings. The quantitative estimate of drug-likeness (QED) is 0.150. The number of nitrogens with one attached hydrogen (secondary N) is 2. The molecule has 0 aromatic heterocycles. The van der Waals surface area contributed by atoms with E-state index in [-0.39, 0.29) is 11.5 Å². The van der Waals surface area contributed by atoms with Crippen molar-refractivity contribution in [1.29, 1.82) is 0 Å². The first kappa shape index (κ1) is 28.5. The van der Waals surface area contributed by atoms with E-state index in [2.05, 4.69) is 34.0 Å². The molecule has 1 unspecified atom stereocenters. The number of amidine groups is 1. The molecule has 0 spiro atoms. The minimum Gasteiger partial charge on any atom is -0.497 e. The second-order valence-electron chi connectivity index (χ2n) is 10.2. The zero-order chi connectivity index (χ0) is 27.8. The normalized spacial score (nSPS) is 22.1. The van der Waals surface area contributed by atoms with E-state index in [9.17, 15) is 13.2 Å². The largest absolute Gasteiger partial charge is 0.497 e. The summed E-state index contributed by atoms with van der Waals surface area (Å²) in [4.78, 5) is 4.10. The fraction of sp³-hybridized carbons (Fsp3) is 0.375. The Morgan fingerprint density at radius 2 is 1.90 bits per heavy atom. The number of ether oxygens (including phenoxy) is 1. The zero-order valence-corrected chi connectivity index (χ0v) is 22.6. The Kier molecular flexibility index (Phi) is 9.50. The van der Waals surface area contributed by atoms with Crippen LogP contribution >= 0.6 is 0 Å². The summed E-state index contributed by atoms with van der Waals surface area (Å²) in [5.74, 6) is 1.27. The summed E-state index contributed by atoms with van der Waals surface area (Å²) < 4.78 is 47.6. The molecule has 4 rings (SSSR count). The highest BCUT2D eigenvalue weighted by molar-refractivity contribution is 5.82. The Bertz CT molecular complexity index is 1270. The van der Waals surface area contributed by atoms with Crippen LogP contribution in [0.4, 0.5) is 13.2 Å². The second kappa shape index (κ2) is 13.0. The van der Waals surface area contributed by atoms with E-state index in [1.807, 2.05) is 49.4 Å². The van der Waals surface area contributed by atoms with Crippen molar-refractivity contribution in [1.82, 2.24) is 10.6 Å². The molecule has 1 aromatic carbocycles. The van der Waals surface area contributed by atoms with Crippen LogP contribution < -0.4 is 10.6 Å². The van der Waals surface area contributed by atoms with E-state index < -0.39 is 11.7 Å². The Morgan fingerprint density at radius 3 is 2.56 bits per heavy atom. The summed E-state index contributed by atoms with van der Waals surface area (Å²) in [5.41, 5.74) is 6.23. The van der Waals surface area contributed by atoms with Gasteiger partial charge >= 0.3 is 6.18 Å². The van der Waals surface area contributed by atoms with Crippen molar-refractivity contribution in [2.24, 2.45) is 10.9 Å². The van der Waals surface area contributed by atoms with Gasteiger partial charge in [-0.05, 0) is 87.1 Å². The van der Waals surface area contributed by atoms with Crippen LogP contribution in [0.5, 0.6) is 0 Å². The fourth-order valence-electron chi connectivity index (χ4n) is 4.92. The van der Waals surface area contributed by atoms with Crippen LogP contribution in [0, 0.1) is 5.92 Å². The summed E-state index contributed by atoms with van der Waals surface area (Å²) in [7, 11) is 0. The third-order valence-corrected chi connectivity index (χ3v) is 6.93. The molecule has 2 heterocycles. The molecule has 7 heteroatoms. The number of halogens is 3. The third-order valence-electron chi connectivity index (χ3n) is 6.93. The van der Waals surface area contributed by atoms with Gasteiger partial charge in [0.05, 0.1) is 12.2 Å². The molecule has 4 nitrogen and oxygen atoms in total. The zero-order valence-electron chi connectivity index (χ0n) is 22.6. The van der Waals surface area contributed by atoms with Crippen LogP contribution in [-0.4, -0.2) is 31.7 Å². The highest BCUT2D eigenvalue weighted by atomic mass is 19.4. The van der Waals surface area contributed by atoms with Gasteiger partial charge in [-0.15, -0.1) is 5.73 Å². The number of nitrogens with zero attached hydrogens (tertiary/aromatic N) is 1. The highest BCUT2D eigenvalue weighted by Gasteiger charge is 2.36. The number of aliphatic imine (C=N–C) groups is 1. The van der Waals surface area contributed by atoms with Crippen molar-refractivity contribution in [3.05, 3.63) is 112 Å². The number of benzene rings is 1. The van der Waals surface area contributed by atoms with Gasteiger partial charge in [0.25, 0.3) is 0 Å². The predicted molar refractivity (Wildman–Crippen MR) is 151 cm³/mol. The number of alkyl halides is 3. The van der Waals surface area contributed by atoms with Gasteiger partial charge in [0.2, 0.25) is 0 Å². The fourth-order valence-corrected chi connectivity index (χ4v) is 4.92. The van der Waals surface area contributed by atoms with E-state index >= 15 is 0 Å². The van der Waals surface area contributed by atoms with Gasteiger partial charge < -0.3 is 15.4 Å². The van der Waals surface area contributed by atoms with E-state index in [0.717, 1.165) is 49.8 Å². The molecule has 206 valence electrons. The maximum atomic E-state index is 14.0. The Balaban J connectivity index is 1.48. The molecule has 2 saturated heterocycles. The molecule has 1 aromatic rings. The molecule has 0 amide bonds. The number of rotatable bonds is 9. The minimum absolute atomic E-state index is 0.0918. The van der Waals surface area contributed by atoms with Crippen LogP contribution in [0.1, 0.15) is 51.0 Å². The van der Waals surface area contributed by atoms with Gasteiger partial charge in [-0.3, -0.25) is 0 Å². The molecule has 2 fully saturated rings. The van der Waals surface area contributed by atoms with Crippen molar-refractivity contribution >= 4 is 5.84 Å². The summed E-state index contributed by atoms with van der Waals surface area (Å²) in [6, 6.07) is 9.64. The smallest absolute Gasteiger partial charge is 0.418 e. The van der Waals surface area contributed by atoms with Crippen molar-refractivity contribution in [3.8, 4) is 0 Å². The van der Waals surface area contributed by atoms with Crippen molar-refractivity contribution in [2.45, 2.75) is 51.6 Å². The number of piperidine rings is 1. The van der Waals surface area contributed by atoms with E-state index in [1.165, 1.54) is 17.2 Å². The monoisotopic (exact) mass is 535 g/mol. The van der Waals surface area contributed by atoms with Crippen LogP contribution in [-0.2, 0) is 4.74 Å². The average Bonchev–Trinajstić information content (AvgIpc) is 3.58. The maximum absolute atomic E-state index is 14.0. The SMILES string of the molecule is C=C(/C=C1\OCCC1c1ccccc1)/C(=C\N=C(C)N/C(C)=C/C(=C\C1CCNCC1)CC1=C=C1)C(F)(F)F. The molecular formula is C32H36F3N3O.